The van der Waals surface area contributed by atoms with Gasteiger partial charge in [-0.3, -0.25) is 4.79 Å². The molecule has 0 atom stereocenters. The molecule has 3 aromatic carbocycles. The molecule has 1 saturated heterocycles. The van der Waals surface area contributed by atoms with Crippen LogP contribution in [0.3, 0.4) is 0 Å². The van der Waals surface area contributed by atoms with Gasteiger partial charge in [0.1, 0.15) is 5.60 Å². The maximum atomic E-state index is 13.5. The number of piperidine rings is 1. The summed E-state index contributed by atoms with van der Waals surface area (Å²) < 4.78 is 35.2. The number of hydrogen-bond acceptors (Lipinski definition) is 5. The van der Waals surface area contributed by atoms with Gasteiger partial charge in [-0.05, 0) is 75.8 Å². The maximum Gasteiger partial charge on any atom is 0.410 e. The number of carbonyl (C=O) groups is 2. The van der Waals surface area contributed by atoms with E-state index in [2.05, 4.69) is 4.72 Å². The number of ether oxygens (including phenoxy) is 1. The fourth-order valence-corrected chi connectivity index (χ4v) is 6.13. The van der Waals surface area contributed by atoms with Crippen molar-refractivity contribution >= 4 is 38.5 Å². The molecule has 202 valence electrons. The first-order valence-electron chi connectivity index (χ1n) is 12.7. The van der Waals surface area contributed by atoms with Crippen LogP contribution in [0.1, 0.15) is 49.5 Å². The average Bonchev–Trinajstić information content (AvgIpc) is 2.86. The number of anilines is 1. The van der Waals surface area contributed by atoms with Crippen molar-refractivity contribution in [3.8, 4) is 0 Å². The van der Waals surface area contributed by atoms with Gasteiger partial charge in [-0.1, -0.05) is 36.4 Å². The molecule has 9 heteroatoms. The van der Waals surface area contributed by atoms with Crippen molar-refractivity contribution in [2.75, 3.05) is 25.0 Å². The second-order valence-electron chi connectivity index (χ2n) is 10.7. The molecule has 2 amide bonds. The highest BCUT2D eigenvalue weighted by Crippen LogP contribution is 2.29. The van der Waals surface area contributed by atoms with Crippen LogP contribution in [0, 0.1) is 6.92 Å². The van der Waals surface area contributed by atoms with Gasteiger partial charge in [-0.2, -0.15) is 0 Å². The number of nitrogens with zero attached hydrogens (tertiary/aromatic N) is 2. The highest BCUT2D eigenvalue weighted by atomic mass is 32.2. The van der Waals surface area contributed by atoms with Crippen LogP contribution < -0.4 is 9.62 Å². The summed E-state index contributed by atoms with van der Waals surface area (Å²) >= 11 is 0. The van der Waals surface area contributed by atoms with E-state index in [1.54, 1.807) is 47.2 Å². The molecule has 3 aromatic rings. The Balaban J connectivity index is 1.54. The van der Waals surface area contributed by atoms with Crippen LogP contribution in [-0.4, -0.2) is 57.1 Å². The van der Waals surface area contributed by atoms with Crippen LogP contribution in [0.5, 0.6) is 0 Å². The highest BCUT2D eigenvalue weighted by molar-refractivity contribution is 7.89. The van der Waals surface area contributed by atoms with Crippen LogP contribution in [-0.2, 0) is 14.8 Å². The van der Waals surface area contributed by atoms with E-state index >= 15 is 0 Å². The zero-order chi connectivity index (χ0) is 27.7. The average molecular weight is 538 g/mol. The van der Waals surface area contributed by atoms with Crippen molar-refractivity contribution in [2.45, 2.75) is 57.1 Å². The Hall–Kier alpha value is -3.43. The predicted octanol–water partition coefficient (Wildman–Crippen LogP) is 5.10. The maximum absolute atomic E-state index is 13.5. The third-order valence-electron chi connectivity index (χ3n) is 6.57. The molecular weight excluding hydrogens is 502 g/mol. The van der Waals surface area contributed by atoms with Crippen molar-refractivity contribution in [3.05, 3.63) is 71.8 Å². The third-order valence-corrected chi connectivity index (χ3v) is 8.14. The highest BCUT2D eigenvalue weighted by Gasteiger charge is 2.30. The first kappa shape index (κ1) is 27.6. The molecule has 0 aromatic heterocycles. The SMILES string of the molecule is Cc1cccc(N(C)C(=O)c2ccc(S(=O)(=O)NC3CCN(C(=O)OC(C)(C)C)CC3)c3ccccc23)c1. The molecular formula is C29H35N3O5S. The summed E-state index contributed by atoms with van der Waals surface area (Å²) in [7, 11) is -2.17. The van der Waals surface area contributed by atoms with E-state index in [0.717, 1.165) is 11.3 Å². The van der Waals surface area contributed by atoms with Gasteiger partial charge in [0.2, 0.25) is 10.0 Å². The number of benzene rings is 3. The third kappa shape index (κ3) is 6.16. The molecule has 0 aliphatic carbocycles. The van der Waals surface area contributed by atoms with Crippen molar-refractivity contribution in [3.63, 3.8) is 0 Å². The van der Waals surface area contributed by atoms with Crippen LogP contribution in [0.4, 0.5) is 10.5 Å². The molecule has 0 spiro atoms. The summed E-state index contributed by atoms with van der Waals surface area (Å²) in [4.78, 5) is 29.1. The monoisotopic (exact) mass is 537 g/mol. The summed E-state index contributed by atoms with van der Waals surface area (Å²) in [5.74, 6) is -0.224. The van der Waals surface area contributed by atoms with Gasteiger partial charge in [-0.25, -0.2) is 17.9 Å². The summed E-state index contributed by atoms with van der Waals surface area (Å²) in [6.07, 6.45) is 0.573. The molecule has 8 nitrogen and oxygen atoms in total. The van der Waals surface area contributed by atoms with Crippen molar-refractivity contribution in [1.82, 2.24) is 9.62 Å². The minimum absolute atomic E-state index is 0.123. The normalized spacial score (nSPS) is 14.9. The van der Waals surface area contributed by atoms with Crippen LogP contribution in [0.15, 0.2) is 65.6 Å². The number of likely N-dealkylation sites (tertiary alicyclic amines) is 1. The smallest absolute Gasteiger partial charge is 0.410 e. The van der Waals surface area contributed by atoms with Gasteiger partial charge in [-0.15, -0.1) is 0 Å². The van der Waals surface area contributed by atoms with E-state index in [0.29, 0.717) is 42.3 Å². The number of rotatable bonds is 5. The number of hydrogen-bond donors (Lipinski definition) is 1. The number of sulfonamides is 1. The first-order valence-corrected chi connectivity index (χ1v) is 14.2. The number of aryl methyl sites for hydroxylation is 1. The lowest BCUT2D eigenvalue weighted by atomic mass is 10.0. The Kier molecular flexibility index (Phi) is 7.80. The molecule has 0 bridgehead atoms. The first-order chi connectivity index (χ1) is 17.9. The lowest BCUT2D eigenvalue weighted by molar-refractivity contribution is 0.0203. The van der Waals surface area contributed by atoms with Gasteiger partial charge >= 0.3 is 6.09 Å². The second-order valence-corrected chi connectivity index (χ2v) is 12.4. The Morgan fingerprint density at radius 3 is 2.26 bits per heavy atom. The van der Waals surface area contributed by atoms with Gasteiger partial charge in [0.25, 0.3) is 5.91 Å². The Labute approximate surface area is 224 Å². The topological polar surface area (TPSA) is 96.0 Å². The molecule has 0 saturated carbocycles. The molecule has 1 aliphatic heterocycles. The minimum atomic E-state index is -3.88. The van der Waals surface area contributed by atoms with Crippen LogP contribution >= 0.6 is 0 Å². The molecule has 0 unspecified atom stereocenters. The molecule has 38 heavy (non-hydrogen) atoms. The van der Waals surface area contributed by atoms with E-state index in [-0.39, 0.29) is 22.9 Å². The minimum Gasteiger partial charge on any atom is -0.444 e. The summed E-state index contributed by atoms with van der Waals surface area (Å²) in [6.45, 7) is 8.22. The molecule has 0 radical (unpaired) electrons. The molecule has 1 aliphatic rings. The quantitative estimate of drug-likeness (QED) is 0.488. The second kappa shape index (κ2) is 10.7. The summed E-state index contributed by atoms with van der Waals surface area (Å²) in [5, 5.41) is 1.05. The lowest BCUT2D eigenvalue weighted by Gasteiger charge is -2.33. The van der Waals surface area contributed by atoms with Crippen molar-refractivity contribution < 1.29 is 22.7 Å². The lowest BCUT2D eigenvalue weighted by Crippen LogP contribution is -2.47. The molecule has 1 fully saturated rings. The fraction of sp³-hybridized carbons (Fsp3) is 0.379. The number of fused-ring (bicyclic) bond motifs is 1. The van der Waals surface area contributed by atoms with Crippen molar-refractivity contribution in [2.24, 2.45) is 0 Å². The van der Waals surface area contributed by atoms with Crippen LogP contribution in [0.25, 0.3) is 10.8 Å². The van der Waals surface area contributed by atoms with E-state index in [1.807, 2.05) is 52.0 Å². The van der Waals surface area contributed by atoms with E-state index in [9.17, 15) is 18.0 Å². The zero-order valence-electron chi connectivity index (χ0n) is 22.5. The Morgan fingerprint density at radius 1 is 0.974 bits per heavy atom. The van der Waals surface area contributed by atoms with E-state index in [1.165, 1.54) is 6.07 Å². The zero-order valence-corrected chi connectivity index (χ0v) is 23.3. The van der Waals surface area contributed by atoms with E-state index < -0.39 is 15.6 Å². The molecule has 1 heterocycles. The fourth-order valence-electron chi connectivity index (χ4n) is 4.62. The largest absolute Gasteiger partial charge is 0.444 e. The van der Waals surface area contributed by atoms with Gasteiger partial charge in [0.15, 0.2) is 0 Å². The molecule has 4 rings (SSSR count). The van der Waals surface area contributed by atoms with E-state index in [4.69, 9.17) is 4.74 Å². The Bertz CT molecular complexity index is 1450. The number of amides is 2. The van der Waals surface area contributed by atoms with Crippen molar-refractivity contribution in [1.29, 1.82) is 0 Å². The molecule has 1 N–H and O–H groups in total. The number of carbonyl (C=O) groups excluding carboxylic acids is 2. The van der Waals surface area contributed by atoms with Gasteiger partial charge < -0.3 is 14.5 Å². The van der Waals surface area contributed by atoms with Gasteiger partial charge in [0.05, 0.1) is 4.90 Å². The van der Waals surface area contributed by atoms with Crippen LogP contribution in [0.2, 0.25) is 0 Å². The number of nitrogens with one attached hydrogen (secondary N) is 1. The predicted molar refractivity (Wildman–Crippen MR) is 149 cm³/mol. The van der Waals surface area contributed by atoms with Gasteiger partial charge in [0, 0.05) is 42.8 Å². The summed E-state index contributed by atoms with van der Waals surface area (Å²) in [6, 6.07) is 17.5. The Morgan fingerprint density at radius 2 is 1.63 bits per heavy atom. The standard InChI is InChI=1S/C29H35N3O5S/c1-20-9-8-10-22(19-20)31(5)27(33)25-13-14-26(24-12-7-6-11-23(24)25)38(35,36)30-21-15-17-32(18-16-21)28(34)37-29(2,3)4/h6-14,19,21,30H,15-18H2,1-5H3. The summed E-state index contributed by atoms with van der Waals surface area (Å²) in [5.41, 5.74) is 1.64.